The van der Waals surface area contributed by atoms with Crippen molar-refractivity contribution in [2.24, 2.45) is 0 Å². The van der Waals surface area contributed by atoms with Crippen LogP contribution in [0.15, 0.2) is 101 Å². The molecule has 0 aliphatic heterocycles. The van der Waals surface area contributed by atoms with Gasteiger partial charge in [-0.3, -0.25) is 0 Å². The molecule has 0 spiro atoms. The summed E-state index contributed by atoms with van der Waals surface area (Å²) >= 11 is 8.08. The predicted octanol–water partition coefficient (Wildman–Crippen LogP) is 9.24. The second-order valence-corrected chi connectivity index (χ2v) is 12.9. The Kier molecular flexibility index (Phi) is 7.74. The van der Waals surface area contributed by atoms with E-state index < -0.39 is 33.8 Å². The summed E-state index contributed by atoms with van der Waals surface area (Å²) in [5, 5.41) is 21.8. The van der Waals surface area contributed by atoms with Crippen molar-refractivity contribution < 1.29 is 31.5 Å². The molecule has 0 saturated carbocycles. The predicted molar refractivity (Wildman–Crippen MR) is 167 cm³/mol. The molecule has 0 atom stereocenters. The fraction of sp³-hybridized carbons (Fsp3) is 0.0303. The summed E-state index contributed by atoms with van der Waals surface area (Å²) in [7, 11) is -4.71. The third-order valence-electron chi connectivity index (χ3n) is 7.29. The lowest BCUT2D eigenvalue weighted by Crippen LogP contribution is -2.16. The van der Waals surface area contributed by atoms with Gasteiger partial charge >= 0.3 is 5.97 Å². The van der Waals surface area contributed by atoms with Crippen LogP contribution in [-0.4, -0.2) is 23.5 Å². The van der Waals surface area contributed by atoms with Crippen LogP contribution in [0.4, 0.5) is 13.2 Å². The molecule has 6 nitrogen and oxygen atoms in total. The maximum absolute atomic E-state index is 14.9. The van der Waals surface area contributed by atoms with Crippen LogP contribution in [-0.2, 0) is 10.0 Å². The number of nitriles is 1. The molecule has 0 aliphatic carbocycles. The van der Waals surface area contributed by atoms with Crippen LogP contribution in [0.1, 0.15) is 27.2 Å². The number of fused-ring (bicyclic) bond motifs is 1. The zero-order valence-corrected chi connectivity index (χ0v) is 25.1. The molecule has 0 aliphatic rings. The van der Waals surface area contributed by atoms with Crippen LogP contribution in [0.25, 0.3) is 44.4 Å². The molecule has 0 radical (unpaired) electrons. The summed E-state index contributed by atoms with van der Waals surface area (Å²) in [5.41, 5.74) is 0.0404. The van der Waals surface area contributed by atoms with Crippen LogP contribution in [0.2, 0.25) is 5.02 Å². The molecule has 45 heavy (non-hydrogen) atoms. The maximum Gasteiger partial charge on any atom is 0.336 e. The molecule has 0 fully saturated rings. The maximum atomic E-state index is 14.9. The van der Waals surface area contributed by atoms with E-state index in [1.807, 2.05) is 0 Å². The fourth-order valence-corrected chi connectivity index (χ4v) is 7.88. The van der Waals surface area contributed by atoms with E-state index in [0.29, 0.717) is 11.1 Å². The first-order chi connectivity index (χ1) is 21.5. The number of aromatic carboxylic acids is 1. The molecule has 0 saturated heterocycles. The molecule has 6 aromatic rings. The van der Waals surface area contributed by atoms with Gasteiger partial charge in [0, 0.05) is 33.2 Å². The number of carbonyl (C=O) groups is 1. The molecule has 1 N–H and O–H groups in total. The van der Waals surface area contributed by atoms with E-state index in [-0.39, 0.29) is 53.6 Å². The molecule has 0 unspecified atom stereocenters. The largest absolute Gasteiger partial charge is 0.478 e. The van der Waals surface area contributed by atoms with E-state index in [1.165, 1.54) is 18.2 Å². The third kappa shape index (κ3) is 5.07. The molecule has 224 valence electrons. The van der Waals surface area contributed by atoms with E-state index in [2.05, 4.69) is 6.07 Å². The van der Waals surface area contributed by atoms with Crippen LogP contribution >= 0.6 is 22.9 Å². The number of halogens is 4. The number of thiophene rings is 1. The zero-order valence-electron chi connectivity index (χ0n) is 22.7. The highest BCUT2D eigenvalue weighted by atomic mass is 35.5. The molecule has 2 heterocycles. The van der Waals surface area contributed by atoms with Gasteiger partial charge in [0.25, 0.3) is 16.4 Å². The van der Waals surface area contributed by atoms with Gasteiger partial charge in [0.05, 0.1) is 26.7 Å². The van der Waals surface area contributed by atoms with E-state index in [9.17, 15) is 36.8 Å². The zero-order chi connectivity index (χ0) is 32.0. The van der Waals surface area contributed by atoms with Crippen molar-refractivity contribution in [2.75, 3.05) is 0 Å². The number of nitrogens with zero attached hydrogens (tertiary/aromatic N) is 2. The van der Waals surface area contributed by atoms with Gasteiger partial charge in [-0.05, 0) is 53.4 Å². The highest BCUT2D eigenvalue weighted by Crippen LogP contribution is 2.49. The van der Waals surface area contributed by atoms with Gasteiger partial charge in [-0.2, -0.15) is 5.26 Å². The van der Waals surface area contributed by atoms with Crippen molar-refractivity contribution in [1.82, 2.24) is 3.97 Å². The Labute approximate surface area is 263 Å². The van der Waals surface area contributed by atoms with E-state index in [4.69, 9.17) is 11.6 Å². The Balaban J connectivity index is 1.84. The molecule has 0 amide bonds. The number of hydrogen-bond acceptors (Lipinski definition) is 5. The quantitative estimate of drug-likeness (QED) is 0.184. The SMILES string of the molecule is N#Cc1sccc1-c1c(-c2c(C(=O)O)ccc(-c3ccccc3)c2Cl)n(S(=O)(=O)c2ccc(C(F)F)cc2)c2ccc(F)cc12. The highest BCUT2D eigenvalue weighted by molar-refractivity contribution is 7.90. The number of benzene rings is 4. The minimum atomic E-state index is -4.71. The first-order valence-electron chi connectivity index (χ1n) is 13.1. The first-order valence-corrected chi connectivity index (χ1v) is 15.8. The summed E-state index contributed by atoms with van der Waals surface area (Å²) < 4.78 is 71.4. The van der Waals surface area contributed by atoms with Gasteiger partial charge in [-0.15, -0.1) is 11.3 Å². The van der Waals surface area contributed by atoms with Crippen LogP contribution in [0, 0.1) is 17.1 Å². The highest BCUT2D eigenvalue weighted by Gasteiger charge is 2.34. The third-order valence-corrected chi connectivity index (χ3v) is 10.2. The molecular weight excluding hydrogens is 645 g/mol. The molecule has 4 aromatic carbocycles. The Morgan fingerprint density at radius 2 is 1.64 bits per heavy atom. The average Bonchev–Trinajstić information content (AvgIpc) is 3.63. The van der Waals surface area contributed by atoms with Gasteiger partial charge in [0.1, 0.15) is 16.8 Å². The summed E-state index contributed by atoms with van der Waals surface area (Å²) in [6.45, 7) is 0. The van der Waals surface area contributed by atoms with Crippen LogP contribution < -0.4 is 0 Å². The van der Waals surface area contributed by atoms with E-state index >= 15 is 0 Å². The lowest BCUT2D eigenvalue weighted by atomic mass is 9.93. The van der Waals surface area contributed by atoms with Gasteiger partial charge in [0.2, 0.25) is 0 Å². The van der Waals surface area contributed by atoms with Gasteiger partial charge in [0.15, 0.2) is 0 Å². The summed E-state index contributed by atoms with van der Waals surface area (Å²) in [6, 6.07) is 22.5. The summed E-state index contributed by atoms with van der Waals surface area (Å²) in [5.74, 6) is -2.15. The number of alkyl halides is 2. The Morgan fingerprint density at radius 1 is 0.933 bits per heavy atom. The second kappa shape index (κ2) is 11.6. The van der Waals surface area contributed by atoms with Crippen LogP contribution in [0.5, 0.6) is 0 Å². The Hall–Kier alpha value is -4.89. The Bertz CT molecular complexity index is 2280. The number of carboxylic acids is 1. The smallest absolute Gasteiger partial charge is 0.336 e. The topological polar surface area (TPSA) is 100 Å². The number of rotatable bonds is 7. The summed E-state index contributed by atoms with van der Waals surface area (Å²) in [6.07, 6.45) is -2.85. The van der Waals surface area contributed by atoms with Gasteiger partial charge in [-0.1, -0.05) is 60.1 Å². The standard InChI is InChI=1S/C33H18ClF3N2O4S2/c34-30-22(18-4-2-1-3-5-18)11-12-24(33(40)41)29(30)31-28(23-14-15-44-27(23)17-38)25-16-20(35)8-13-26(25)39(31)45(42,43)21-9-6-19(7-10-21)32(36)37/h1-16,32H,(H,40,41). The van der Waals surface area contributed by atoms with Gasteiger partial charge < -0.3 is 5.11 Å². The lowest BCUT2D eigenvalue weighted by Gasteiger charge is -2.18. The fourth-order valence-electron chi connectivity index (χ4n) is 5.29. The molecule has 12 heteroatoms. The average molecular weight is 663 g/mol. The van der Waals surface area contributed by atoms with E-state index in [1.54, 1.807) is 41.8 Å². The molecule has 6 rings (SSSR count). The minimum absolute atomic E-state index is 0.0491. The minimum Gasteiger partial charge on any atom is -0.478 e. The van der Waals surface area contributed by atoms with Gasteiger partial charge in [-0.25, -0.2) is 30.4 Å². The molecule has 2 aromatic heterocycles. The van der Waals surface area contributed by atoms with Crippen molar-refractivity contribution >= 4 is 49.8 Å². The van der Waals surface area contributed by atoms with Crippen molar-refractivity contribution in [3.63, 3.8) is 0 Å². The van der Waals surface area contributed by atoms with Crippen LogP contribution in [0.3, 0.4) is 0 Å². The molecule has 0 bridgehead atoms. The second-order valence-electron chi connectivity index (χ2n) is 9.82. The normalized spacial score (nSPS) is 11.6. The number of aromatic nitrogens is 1. The van der Waals surface area contributed by atoms with Crippen molar-refractivity contribution in [3.8, 4) is 39.6 Å². The first kappa shape index (κ1) is 30.1. The lowest BCUT2D eigenvalue weighted by molar-refractivity contribution is 0.0697. The van der Waals surface area contributed by atoms with Crippen molar-refractivity contribution in [3.05, 3.63) is 123 Å². The Morgan fingerprint density at radius 3 is 2.29 bits per heavy atom. The molecular formula is C33H18ClF3N2O4S2. The monoisotopic (exact) mass is 662 g/mol. The number of hydrogen-bond donors (Lipinski definition) is 1. The van der Waals surface area contributed by atoms with Crippen molar-refractivity contribution in [1.29, 1.82) is 5.26 Å². The van der Waals surface area contributed by atoms with E-state index in [0.717, 1.165) is 51.7 Å². The summed E-state index contributed by atoms with van der Waals surface area (Å²) in [4.78, 5) is 12.5. The van der Waals surface area contributed by atoms with Crippen molar-refractivity contribution in [2.45, 2.75) is 11.3 Å². The number of carboxylic acid groups (broad SMARTS) is 1.